The summed E-state index contributed by atoms with van der Waals surface area (Å²) < 4.78 is 45.0. The number of rotatable bonds is 4. The summed E-state index contributed by atoms with van der Waals surface area (Å²) in [6.45, 7) is 33.1. The smallest absolute Gasteiger partial charge is 0 e. The van der Waals surface area contributed by atoms with E-state index in [0.717, 1.165) is 17.0 Å². The molecule has 2 aromatic carbocycles. The second-order valence-electron chi connectivity index (χ2n) is 6.37. The Labute approximate surface area is 257 Å². The van der Waals surface area contributed by atoms with Crippen LogP contribution in [0.25, 0.3) is 0 Å². The summed E-state index contributed by atoms with van der Waals surface area (Å²) in [7, 11) is 0. The molecule has 0 bridgehead atoms. The van der Waals surface area contributed by atoms with Crippen LogP contribution in [0.15, 0.2) is 60.7 Å². The maximum absolute atomic E-state index is 9.74. The van der Waals surface area contributed by atoms with E-state index in [-0.39, 0.29) is 46.3 Å². The third-order valence-corrected chi connectivity index (χ3v) is 5.04. The minimum atomic E-state index is -0.600. The normalized spacial score (nSPS) is 16.5. The van der Waals surface area contributed by atoms with Crippen LogP contribution in [-0.2, 0) is 79.5 Å². The summed E-state index contributed by atoms with van der Waals surface area (Å²) >= 11 is 3.29. The molecule has 1 aliphatic heterocycles. The fourth-order valence-electron chi connectivity index (χ4n) is 2.86. The number of para-hydroxylation sites is 1. The van der Waals surface area contributed by atoms with Crippen molar-refractivity contribution in [2.45, 2.75) is 39.3 Å². The van der Waals surface area contributed by atoms with Crippen molar-refractivity contribution in [1.82, 2.24) is 0 Å². The first-order valence-corrected chi connectivity index (χ1v) is 10.6. The number of hydrogen-bond donors (Lipinski definition) is 0. The Morgan fingerprint density at radius 1 is 0.821 bits per heavy atom. The molecule has 0 saturated carbocycles. The number of hydroxylamine groups is 1. The van der Waals surface area contributed by atoms with Crippen molar-refractivity contribution in [1.29, 1.82) is 0 Å². The molecule has 1 heterocycles. The molecular weight excluding hydrogens is 610 g/mol. The minimum absolute atomic E-state index is 0. The molecule has 1 fully saturated rings. The summed E-state index contributed by atoms with van der Waals surface area (Å²) in [6.07, 6.45) is 3.53. The zero-order chi connectivity index (χ0) is 30.3. The zero-order valence-electron chi connectivity index (χ0n) is 21.3. The fourth-order valence-corrected chi connectivity index (χ4v) is 2.86. The Kier molecular flexibility index (Phi) is 54.7. The third-order valence-electron chi connectivity index (χ3n) is 4.54. The van der Waals surface area contributed by atoms with E-state index in [9.17, 15) is 4.79 Å². The fraction of sp³-hybridized carbons (Fsp3) is 0.296. The number of carbonyl (C=O) groups excluding carboxylic acids is 1. The number of anilines is 1. The molecule has 0 amide bonds. The summed E-state index contributed by atoms with van der Waals surface area (Å²) in [5, 5.41) is 1.88. The first-order chi connectivity index (χ1) is 18.1. The van der Waals surface area contributed by atoms with Crippen LogP contribution in [-0.4, -0.2) is 22.9 Å². The molecule has 210 valence electrons. The van der Waals surface area contributed by atoms with Crippen molar-refractivity contribution in [2.24, 2.45) is 5.41 Å². The molecule has 0 aliphatic carbocycles. The van der Waals surface area contributed by atoms with E-state index >= 15 is 0 Å². The molecule has 0 spiro atoms. The molecule has 39 heavy (non-hydrogen) atoms. The topological polar surface area (TPSA) is 153 Å². The Morgan fingerprint density at radius 3 is 1.46 bits per heavy atom. The molecule has 3 atom stereocenters. The van der Waals surface area contributed by atoms with Crippen LogP contribution in [0.4, 0.5) is 5.69 Å². The van der Waals surface area contributed by atoms with Crippen molar-refractivity contribution < 1.29 is 71.7 Å². The van der Waals surface area contributed by atoms with E-state index in [1.54, 1.807) is 0 Å². The molecule has 1 N–H and O–H groups in total. The summed E-state index contributed by atoms with van der Waals surface area (Å²) in [5.41, 5.74) is 1.46. The summed E-state index contributed by atoms with van der Waals surface area (Å²) in [5.74, 6) is 1.12. The monoisotopic (exact) mass is 638 g/mol. The van der Waals surface area contributed by atoms with Gasteiger partial charge in [0.05, 0.1) is 17.8 Å². The van der Waals surface area contributed by atoms with Crippen LogP contribution >= 0.6 is 0 Å². The van der Waals surface area contributed by atoms with Gasteiger partial charge >= 0.3 is 67.8 Å². The number of hydrogen-bond acceptors (Lipinski definition) is 2. The zero-order valence-corrected chi connectivity index (χ0v) is 24.5. The van der Waals surface area contributed by atoms with Crippen LogP contribution in [0.2, 0.25) is 0 Å². The van der Waals surface area contributed by atoms with Gasteiger partial charge in [0.15, 0.2) is 0 Å². The minimum Gasteiger partial charge on any atom is 0 e. The van der Waals surface area contributed by atoms with Crippen LogP contribution in [0.3, 0.4) is 0 Å². The molecule has 12 heteroatoms. The van der Waals surface area contributed by atoms with Crippen molar-refractivity contribution in [3.8, 4) is 0 Å². The van der Waals surface area contributed by atoms with E-state index in [2.05, 4.69) is 77.9 Å². The van der Waals surface area contributed by atoms with Crippen molar-refractivity contribution in [2.75, 3.05) is 10.8 Å². The van der Waals surface area contributed by atoms with Gasteiger partial charge in [-0.25, -0.2) is 5.06 Å². The van der Waals surface area contributed by atoms with Crippen LogP contribution in [0, 0.1) is 45.3 Å². The van der Waals surface area contributed by atoms with Gasteiger partial charge in [0, 0.05) is 34.1 Å². The summed E-state index contributed by atoms with van der Waals surface area (Å²) in [6, 6.07) is 19.9. The van der Waals surface area contributed by atoms with Gasteiger partial charge in [-0.1, -0.05) is 62.4 Å². The second kappa shape index (κ2) is 40.2. The van der Waals surface area contributed by atoms with Crippen LogP contribution in [0.1, 0.15) is 38.8 Å². The molecule has 1 aliphatic rings. The molecular formula is C27H28Fe2NO8S+. The molecule has 2 aromatic rings. The molecule has 0 unspecified atom stereocenters. The Morgan fingerprint density at radius 2 is 1.15 bits per heavy atom. The van der Waals surface area contributed by atoms with Crippen molar-refractivity contribution in [3.05, 3.63) is 106 Å². The molecule has 1 saturated heterocycles. The number of nitrogens with zero attached hydrogens (tertiary/aromatic N) is 1. The largest absolute Gasteiger partial charge is 0 e. The van der Waals surface area contributed by atoms with Crippen LogP contribution < -0.4 is 5.06 Å². The first kappa shape index (κ1) is 53.0. The Hall–Kier alpha value is -2.30. The average Bonchev–Trinajstić information content (AvgIpc) is 3.30. The van der Waals surface area contributed by atoms with Crippen molar-refractivity contribution in [3.63, 3.8) is 0 Å². The third kappa shape index (κ3) is 19.4. The second-order valence-corrected chi connectivity index (χ2v) is 6.87. The molecule has 9 nitrogen and oxygen atoms in total. The van der Waals surface area contributed by atoms with Gasteiger partial charge in [-0.2, -0.15) is 0 Å². The van der Waals surface area contributed by atoms with E-state index in [0.29, 0.717) is 0 Å². The molecule has 0 radical (unpaired) electrons. The standard InChI is InChI=1S/C18H19NO2.C3H8S.6CO.2Fe/c1-14-18(2,13-20)17(15-9-5-3-6-10-15)19(21-14)16-11-7-4-8-12-16;1-2-3-4;6*1-2;;/h3-12,14,17,20H,1-2H3;4H,2-3H2,1H3;;;;;;;;/p+1/t14-,17+,18-;;;;;;;;;/m0........./s1. The van der Waals surface area contributed by atoms with E-state index in [1.165, 1.54) is 6.42 Å². The van der Waals surface area contributed by atoms with E-state index in [4.69, 9.17) is 32.8 Å². The van der Waals surface area contributed by atoms with Gasteiger partial charge in [0.25, 0.3) is 0 Å². The summed E-state index contributed by atoms with van der Waals surface area (Å²) in [4.78, 5) is 15.8. The van der Waals surface area contributed by atoms with Crippen LogP contribution in [0.5, 0.6) is 0 Å². The predicted molar refractivity (Wildman–Crippen MR) is 133 cm³/mol. The predicted octanol–water partition coefficient (Wildman–Crippen LogP) is 3.80. The van der Waals surface area contributed by atoms with Gasteiger partial charge in [-0.15, -0.1) is 0 Å². The van der Waals surface area contributed by atoms with Gasteiger partial charge in [-0.05, 0) is 55.4 Å². The van der Waals surface area contributed by atoms with E-state index in [1.807, 2.05) is 67.4 Å². The molecule has 3 rings (SSSR count). The Balaban J connectivity index is -0.0000000976. The average molecular weight is 638 g/mol. The van der Waals surface area contributed by atoms with Gasteiger partial charge in [0.1, 0.15) is 5.75 Å². The maximum atomic E-state index is 9.74. The van der Waals surface area contributed by atoms with E-state index < -0.39 is 5.41 Å². The van der Waals surface area contributed by atoms with Gasteiger partial charge in [-0.3, -0.25) is 4.84 Å². The van der Waals surface area contributed by atoms with Gasteiger partial charge in [0.2, 0.25) is 0 Å². The van der Waals surface area contributed by atoms with Crippen molar-refractivity contribution >= 4 is 24.6 Å². The molecule has 0 aromatic heterocycles. The number of benzene rings is 2. The Bertz CT molecular complexity index is 873. The SMILES string of the molecule is CCC[SH2+].C[C@@H]1ON(c2ccccc2)[C@H](c2ccccc2)[C@@]1(C)[C-]=[OH+].[C-]#[O+].[C-]#[O+].[C-]#[O+].[C-]#[O+].[C-]#[O+].[C-]#[O+].[Fe].[Fe]. The quantitative estimate of drug-likeness (QED) is 0.284. The first-order valence-electron chi connectivity index (χ1n) is 9.92. The maximum Gasteiger partial charge on any atom is 0 e. The van der Waals surface area contributed by atoms with Gasteiger partial charge < -0.3 is 4.79 Å².